The molecule has 3 fully saturated rings. The number of hydrogen-bond donors (Lipinski definition) is 1. The van der Waals surface area contributed by atoms with Crippen LogP contribution in [0.15, 0.2) is 0 Å². The minimum atomic E-state index is 0.433. The minimum Gasteiger partial charge on any atom is -0.326 e. The van der Waals surface area contributed by atoms with E-state index in [1.807, 2.05) is 0 Å². The Morgan fingerprint density at radius 2 is 2.15 bits per heavy atom. The van der Waals surface area contributed by atoms with Crippen LogP contribution < -0.4 is 5.73 Å². The molecule has 2 saturated carbocycles. The zero-order chi connectivity index (χ0) is 9.05. The number of nitrogens with zero attached hydrogens (tertiary/aromatic N) is 1. The van der Waals surface area contributed by atoms with Gasteiger partial charge in [-0.05, 0) is 44.6 Å². The van der Waals surface area contributed by atoms with Crippen LogP contribution in [0.4, 0.5) is 0 Å². The summed E-state index contributed by atoms with van der Waals surface area (Å²) in [5, 5.41) is 0. The van der Waals surface area contributed by atoms with Crippen molar-refractivity contribution in [1.82, 2.24) is 4.90 Å². The zero-order valence-electron chi connectivity index (χ0n) is 8.50. The number of hydrogen-bond acceptors (Lipinski definition) is 2. The zero-order valence-corrected chi connectivity index (χ0v) is 8.50. The van der Waals surface area contributed by atoms with Gasteiger partial charge in [-0.3, -0.25) is 4.90 Å². The van der Waals surface area contributed by atoms with E-state index in [4.69, 9.17) is 5.73 Å². The van der Waals surface area contributed by atoms with E-state index in [2.05, 4.69) is 11.9 Å². The van der Waals surface area contributed by atoms with Crippen molar-refractivity contribution in [1.29, 1.82) is 0 Å². The van der Waals surface area contributed by atoms with Crippen LogP contribution in [0.3, 0.4) is 0 Å². The van der Waals surface area contributed by atoms with E-state index in [1.54, 1.807) is 0 Å². The van der Waals surface area contributed by atoms with Crippen molar-refractivity contribution in [3.63, 3.8) is 0 Å². The molecule has 1 spiro atoms. The largest absolute Gasteiger partial charge is 0.326 e. The summed E-state index contributed by atoms with van der Waals surface area (Å²) in [5.41, 5.74) is 6.74. The number of nitrogens with two attached hydrogens (primary N) is 1. The van der Waals surface area contributed by atoms with Gasteiger partial charge in [0.05, 0.1) is 0 Å². The average Bonchev–Trinajstić information content (AvgIpc) is 2.77. The van der Waals surface area contributed by atoms with Crippen molar-refractivity contribution in [3.8, 4) is 0 Å². The molecule has 3 aliphatic rings. The van der Waals surface area contributed by atoms with E-state index in [-0.39, 0.29) is 0 Å². The summed E-state index contributed by atoms with van der Waals surface area (Å²) >= 11 is 0. The van der Waals surface area contributed by atoms with Crippen LogP contribution in [0.25, 0.3) is 0 Å². The fourth-order valence-corrected chi connectivity index (χ4v) is 4.34. The summed E-state index contributed by atoms with van der Waals surface area (Å²) in [6.07, 6.45) is 7.02. The fraction of sp³-hybridized carbons (Fsp3) is 1.00. The lowest BCUT2D eigenvalue weighted by molar-refractivity contribution is 0.0877. The van der Waals surface area contributed by atoms with Crippen LogP contribution in [0.5, 0.6) is 0 Å². The molecule has 2 bridgehead atoms. The maximum atomic E-state index is 6.31. The van der Waals surface area contributed by atoms with Crippen molar-refractivity contribution >= 4 is 0 Å². The van der Waals surface area contributed by atoms with Gasteiger partial charge in [-0.15, -0.1) is 0 Å². The lowest BCUT2D eigenvalue weighted by Crippen LogP contribution is -2.55. The van der Waals surface area contributed by atoms with Crippen LogP contribution in [0.1, 0.15) is 32.1 Å². The monoisotopic (exact) mass is 180 g/mol. The number of fused-ring (bicyclic) bond motifs is 3. The summed E-state index contributed by atoms with van der Waals surface area (Å²) < 4.78 is 0. The molecule has 2 N–H and O–H groups in total. The molecule has 0 radical (unpaired) electrons. The van der Waals surface area contributed by atoms with Crippen LogP contribution in [0.2, 0.25) is 0 Å². The fourth-order valence-electron chi connectivity index (χ4n) is 4.34. The van der Waals surface area contributed by atoms with Crippen molar-refractivity contribution in [2.75, 3.05) is 13.6 Å². The normalized spacial score (nSPS) is 55.4. The molecule has 2 nitrogen and oxygen atoms in total. The summed E-state index contributed by atoms with van der Waals surface area (Å²) in [6, 6.07) is 0.466. The Morgan fingerprint density at radius 3 is 2.62 bits per heavy atom. The summed E-state index contributed by atoms with van der Waals surface area (Å²) in [7, 11) is 2.29. The van der Waals surface area contributed by atoms with Crippen LogP contribution in [-0.4, -0.2) is 30.1 Å². The minimum absolute atomic E-state index is 0.433. The molecule has 13 heavy (non-hydrogen) atoms. The molecule has 4 unspecified atom stereocenters. The second-order valence-electron chi connectivity index (χ2n) is 5.39. The van der Waals surface area contributed by atoms with E-state index in [0.717, 1.165) is 11.8 Å². The molecule has 0 aromatic carbocycles. The van der Waals surface area contributed by atoms with Crippen LogP contribution in [-0.2, 0) is 0 Å². The van der Waals surface area contributed by atoms with Gasteiger partial charge in [0.2, 0.25) is 0 Å². The van der Waals surface area contributed by atoms with Gasteiger partial charge in [-0.2, -0.15) is 0 Å². The lowest BCUT2D eigenvalue weighted by atomic mass is 9.76. The molecule has 0 amide bonds. The molecular weight excluding hydrogens is 160 g/mol. The molecule has 1 heterocycles. The Bertz CT molecular complexity index is 216. The molecule has 74 valence electrons. The Hall–Kier alpha value is -0.0800. The van der Waals surface area contributed by atoms with Crippen molar-refractivity contribution in [3.05, 3.63) is 0 Å². The topological polar surface area (TPSA) is 29.3 Å². The Balaban J connectivity index is 1.95. The second kappa shape index (κ2) is 2.48. The van der Waals surface area contributed by atoms with Crippen molar-refractivity contribution in [2.45, 2.75) is 43.7 Å². The van der Waals surface area contributed by atoms with E-state index in [0.29, 0.717) is 11.6 Å². The second-order valence-corrected chi connectivity index (χ2v) is 5.39. The predicted molar refractivity (Wildman–Crippen MR) is 53.4 cm³/mol. The number of rotatable bonds is 0. The highest BCUT2D eigenvalue weighted by molar-refractivity contribution is 5.14. The Morgan fingerprint density at radius 1 is 1.31 bits per heavy atom. The first-order valence-electron chi connectivity index (χ1n) is 5.70. The van der Waals surface area contributed by atoms with Crippen LogP contribution >= 0.6 is 0 Å². The molecule has 1 saturated heterocycles. The smallest absolute Gasteiger partial charge is 0.0388 e. The molecule has 0 aromatic rings. The lowest BCUT2D eigenvalue weighted by Gasteiger charge is -2.43. The first-order valence-corrected chi connectivity index (χ1v) is 5.70. The van der Waals surface area contributed by atoms with Gasteiger partial charge < -0.3 is 5.73 Å². The van der Waals surface area contributed by atoms with E-state index in [1.165, 1.54) is 38.6 Å². The van der Waals surface area contributed by atoms with Crippen molar-refractivity contribution < 1.29 is 0 Å². The van der Waals surface area contributed by atoms with Crippen LogP contribution in [0, 0.1) is 11.8 Å². The molecule has 3 rings (SSSR count). The third-order valence-electron chi connectivity index (χ3n) is 4.99. The first kappa shape index (κ1) is 8.25. The highest BCUT2D eigenvalue weighted by Crippen LogP contribution is 2.56. The quantitative estimate of drug-likeness (QED) is 0.607. The molecule has 4 atom stereocenters. The van der Waals surface area contributed by atoms with Gasteiger partial charge in [0.15, 0.2) is 0 Å². The molecule has 2 aliphatic carbocycles. The van der Waals surface area contributed by atoms with Gasteiger partial charge >= 0.3 is 0 Å². The van der Waals surface area contributed by atoms with E-state index >= 15 is 0 Å². The summed E-state index contributed by atoms with van der Waals surface area (Å²) in [5.74, 6) is 1.94. The molecular formula is C11H20N2. The molecule has 0 aromatic heterocycles. The number of likely N-dealkylation sites (tertiary alicyclic amines) is 1. The third kappa shape index (κ3) is 0.861. The summed E-state index contributed by atoms with van der Waals surface area (Å²) in [4.78, 5) is 2.57. The Kier molecular flexibility index (Phi) is 1.58. The maximum absolute atomic E-state index is 6.31. The highest BCUT2D eigenvalue weighted by Gasteiger charge is 2.58. The number of likely N-dealkylation sites (N-methyl/N-ethyl adjacent to an activating group) is 1. The first-order chi connectivity index (χ1) is 6.23. The van der Waals surface area contributed by atoms with Gasteiger partial charge in [0, 0.05) is 18.1 Å². The standard InChI is InChI=1S/C11H20N2/c1-13-5-4-10(12)11(13)7-8-2-3-9(11)6-8/h8-10H,2-7,12H2,1H3. The average molecular weight is 180 g/mol. The Labute approximate surface area is 80.5 Å². The summed E-state index contributed by atoms with van der Waals surface area (Å²) in [6.45, 7) is 1.23. The van der Waals surface area contributed by atoms with Crippen molar-refractivity contribution in [2.24, 2.45) is 17.6 Å². The van der Waals surface area contributed by atoms with Gasteiger partial charge in [0.25, 0.3) is 0 Å². The van der Waals surface area contributed by atoms with E-state index < -0.39 is 0 Å². The predicted octanol–water partition coefficient (Wildman–Crippen LogP) is 1.21. The molecule has 1 aliphatic heterocycles. The van der Waals surface area contributed by atoms with Gasteiger partial charge in [-0.25, -0.2) is 0 Å². The SMILES string of the molecule is CN1CCC(N)C12CC1CCC2C1. The van der Waals surface area contributed by atoms with Gasteiger partial charge in [-0.1, -0.05) is 6.42 Å². The van der Waals surface area contributed by atoms with Gasteiger partial charge in [0.1, 0.15) is 0 Å². The van der Waals surface area contributed by atoms with E-state index in [9.17, 15) is 0 Å². The maximum Gasteiger partial charge on any atom is 0.0388 e. The third-order valence-corrected chi connectivity index (χ3v) is 4.99. The highest BCUT2D eigenvalue weighted by atomic mass is 15.2. The molecule has 2 heteroatoms.